The molecule has 47 heavy (non-hydrogen) atoms. The maximum atomic E-state index is 4.61. The molecule has 0 aromatic rings. The lowest BCUT2D eigenvalue weighted by Crippen LogP contribution is -2.47. The summed E-state index contributed by atoms with van der Waals surface area (Å²) < 4.78 is 0. The molecule has 5 unspecified atom stereocenters. The fourth-order valence-corrected chi connectivity index (χ4v) is 32.2. The zero-order valence-electron chi connectivity index (χ0n) is 34.1. The molecule has 0 aromatic heterocycles. The minimum absolute atomic E-state index is 0.0490. The first-order valence-electron chi connectivity index (χ1n) is 21.0. The summed E-state index contributed by atoms with van der Waals surface area (Å²) in [5.74, 6) is 1.99. The molecule has 0 saturated carbocycles. The quantitative estimate of drug-likeness (QED) is 0.117. The number of hydrogen-bond donors (Lipinski definition) is 0. The van der Waals surface area contributed by atoms with E-state index in [0.29, 0.717) is 10.3 Å². The van der Waals surface area contributed by atoms with Gasteiger partial charge < -0.3 is 0 Å². The number of hydrogen-bond acceptors (Lipinski definition) is 0. The summed E-state index contributed by atoms with van der Waals surface area (Å²) in [5.41, 5.74) is 11.2. The first kappa shape index (κ1) is 41.2. The normalized spacial score (nSPS) is 41.5. The van der Waals surface area contributed by atoms with Gasteiger partial charge in [0.25, 0.3) is 0 Å². The van der Waals surface area contributed by atoms with Gasteiger partial charge in [-0.2, -0.15) is 0 Å². The van der Waals surface area contributed by atoms with E-state index in [1.54, 1.807) is 12.8 Å². The molecule has 4 rings (SSSR count). The molecule has 0 radical (unpaired) electrons. The second-order valence-corrected chi connectivity index (χ2v) is 30.8. The minimum Gasteiger partial charge on any atom is -0.0995 e. The lowest BCUT2D eigenvalue weighted by molar-refractivity contribution is 0.293. The van der Waals surface area contributed by atoms with Crippen LogP contribution in [0.2, 0.25) is 0 Å². The van der Waals surface area contributed by atoms with Crippen LogP contribution in [0.1, 0.15) is 180 Å². The Morgan fingerprint density at radius 1 is 0.553 bits per heavy atom. The summed E-state index contributed by atoms with van der Waals surface area (Å²) in [5, 5.41) is 0.823. The summed E-state index contributed by atoms with van der Waals surface area (Å²) in [6, 6.07) is 0. The molecule has 0 bridgehead atoms. The Morgan fingerprint density at radius 3 is 1.45 bits per heavy atom. The van der Waals surface area contributed by atoms with Crippen LogP contribution in [0.5, 0.6) is 0 Å². The summed E-state index contributed by atoms with van der Waals surface area (Å²) in [6.07, 6.45) is 19.1. The number of rotatable bonds is 15. The molecule has 0 spiro atoms. The van der Waals surface area contributed by atoms with Crippen LogP contribution in [0.3, 0.4) is 0 Å². The highest BCUT2D eigenvalue weighted by Gasteiger charge is 2.60. The van der Waals surface area contributed by atoms with Gasteiger partial charge in [0.1, 0.15) is 0 Å². The molecule has 4 fully saturated rings. The van der Waals surface area contributed by atoms with Gasteiger partial charge in [-0.15, -0.1) is 0 Å². The van der Waals surface area contributed by atoms with E-state index in [9.17, 15) is 0 Å². The van der Waals surface area contributed by atoms with Gasteiger partial charge in [0.15, 0.2) is 0 Å². The van der Waals surface area contributed by atoms with Crippen molar-refractivity contribution >= 4 is 31.7 Å². The smallest absolute Gasteiger partial charge is 0.000293 e. The second kappa shape index (κ2) is 17.1. The van der Waals surface area contributed by atoms with Crippen molar-refractivity contribution in [3.05, 3.63) is 12.2 Å². The van der Waals surface area contributed by atoms with Gasteiger partial charge in [0, 0.05) is 5.66 Å². The molecular formula is C43H82P4. The molecule has 4 heterocycles. The average Bonchev–Trinajstić information content (AvgIpc) is 3.84. The summed E-state index contributed by atoms with van der Waals surface area (Å²) >= 11 is 0. The predicted octanol–water partition coefficient (Wildman–Crippen LogP) is 15.3. The molecule has 0 N–H and O–H groups in total. The Labute approximate surface area is 301 Å². The lowest BCUT2D eigenvalue weighted by atomic mass is 9.79. The van der Waals surface area contributed by atoms with Crippen molar-refractivity contribution in [3.8, 4) is 0 Å². The van der Waals surface area contributed by atoms with Crippen LogP contribution < -0.4 is 0 Å². The van der Waals surface area contributed by atoms with Gasteiger partial charge in [-0.25, -0.2) is 0 Å². The molecule has 0 nitrogen and oxygen atoms in total. The summed E-state index contributed by atoms with van der Waals surface area (Å²) in [4.78, 5) is 0. The zero-order chi connectivity index (χ0) is 35.0. The topological polar surface area (TPSA) is 0 Å². The largest absolute Gasteiger partial charge is 0.0995 e. The number of allylic oxidation sites excluding steroid dienone is 1. The van der Waals surface area contributed by atoms with Crippen molar-refractivity contribution in [3.63, 3.8) is 0 Å². The maximum absolute atomic E-state index is 4.61. The van der Waals surface area contributed by atoms with E-state index in [1.807, 2.05) is 0 Å². The van der Waals surface area contributed by atoms with Crippen LogP contribution in [-0.2, 0) is 0 Å². The van der Waals surface area contributed by atoms with Gasteiger partial charge in [-0.05, 0) is 163 Å². The van der Waals surface area contributed by atoms with Crippen LogP contribution in [0.15, 0.2) is 12.2 Å². The first-order valence-corrected chi connectivity index (χ1v) is 27.0. The molecule has 15 atom stereocenters. The van der Waals surface area contributed by atoms with E-state index in [0.717, 1.165) is 68.4 Å². The zero-order valence-corrected chi connectivity index (χ0v) is 37.7. The van der Waals surface area contributed by atoms with Gasteiger partial charge in [0.05, 0.1) is 0 Å². The Balaban J connectivity index is 1.66. The van der Waals surface area contributed by atoms with E-state index < -0.39 is 0 Å². The monoisotopic (exact) mass is 723 g/mol. The Bertz CT molecular complexity index is 992. The summed E-state index contributed by atoms with van der Waals surface area (Å²) in [7, 11) is 0.146. The van der Waals surface area contributed by atoms with E-state index >= 15 is 0 Å². The van der Waals surface area contributed by atoms with Crippen LogP contribution >= 0.6 is 31.7 Å². The molecule has 4 heteroatoms. The van der Waals surface area contributed by atoms with E-state index in [4.69, 9.17) is 0 Å². The Morgan fingerprint density at radius 2 is 0.979 bits per heavy atom. The molecular weight excluding hydrogens is 640 g/mol. The molecule has 0 aliphatic carbocycles. The van der Waals surface area contributed by atoms with E-state index in [1.165, 1.54) is 76.2 Å². The average molecular weight is 723 g/mol. The molecule has 0 aromatic carbocycles. The highest BCUT2D eigenvalue weighted by Crippen LogP contribution is 2.80. The molecule has 274 valence electrons. The second-order valence-electron chi connectivity index (χ2n) is 17.9. The predicted molar refractivity (Wildman–Crippen MR) is 227 cm³/mol. The first-order chi connectivity index (χ1) is 22.2. The van der Waals surface area contributed by atoms with Crippen molar-refractivity contribution < 1.29 is 0 Å². The third-order valence-corrected chi connectivity index (χ3v) is 33.9. The lowest BCUT2D eigenvalue weighted by Gasteiger charge is -2.56. The standard InChI is InChI=1S/C43H82P4/c1-16-32-23-24-33(17-2)44(32)30(10)31(11)45-35(19-4)27-37(39(45)21-6)38-28-36(20-5)47(40(38)22-7)43(14,15)42(12,13)46-34(18-3)25-26-41(46)29(8)9/h30-41H,8,16-28H2,1-7,9-15H3/t30-,31+,32-,33-,34+,35+,36-,37?,38?,39+,40-,41-,45?,46?,47?/m0/s1. The van der Waals surface area contributed by atoms with Crippen molar-refractivity contribution in [1.82, 2.24) is 0 Å². The SMILES string of the molecule is C=C(C)[C@@H]1CC[C@@H](CC)P1C(C)(C)C(C)(C)P1[C@@H](CC)CC(C2C[C@@H](CC)P([C@H](C)[C@H](C)P3[C@@H](CC)CC[C@@H]3CC)[C@@H]2CC)[C@@H]1CC. The highest BCUT2D eigenvalue weighted by atomic mass is 31.1. The van der Waals surface area contributed by atoms with Crippen molar-refractivity contribution in [2.45, 2.75) is 247 Å². The van der Waals surface area contributed by atoms with Crippen LogP contribution in [0.25, 0.3) is 0 Å². The van der Waals surface area contributed by atoms with Crippen LogP contribution in [-0.4, -0.2) is 66.9 Å². The minimum atomic E-state index is -0.0702. The Hall–Kier alpha value is 1.46. The molecule has 4 aliphatic rings. The van der Waals surface area contributed by atoms with Crippen molar-refractivity contribution in [2.75, 3.05) is 0 Å². The van der Waals surface area contributed by atoms with Crippen molar-refractivity contribution in [2.24, 2.45) is 11.8 Å². The van der Waals surface area contributed by atoms with E-state index in [-0.39, 0.29) is 31.7 Å². The molecule has 4 saturated heterocycles. The van der Waals surface area contributed by atoms with Crippen LogP contribution in [0.4, 0.5) is 0 Å². The van der Waals surface area contributed by atoms with Gasteiger partial charge in [-0.3, -0.25) is 0 Å². The van der Waals surface area contributed by atoms with Gasteiger partial charge >= 0.3 is 0 Å². The third kappa shape index (κ3) is 7.49. The van der Waals surface area contributed by atoms with Gasteiger partial charge in [-0.1, -0.05) is 134 Å². The van der Waals surface area contributed by atoms with Crippen LogP contribution in [0, 0.1) is 11.8 Å². The fourth-order valence-electron chi connectivity index (χ4n) is 12.5. The van der Waals surface area contributed by atoms with E-state index in [2.05, 4.69) is 104 Å². The fraction of sp³-hybridized carbons (Fsp3) is 0.953. The summed E-state index contributed by atoms with van der Waals surface area (Å²) in [6.45, 7) is 41.7. The molecule has 0 amide bonds. The molecule has 4 aliphatic heterocycles. The van der Waals surface area contributed by atoms with Crippen molar-refractivity contribution in [1.29, 1.82) is 0 Å². The maximum Gasteiger partial charge on any atom is 0.000293 e. The van der Waals surface area contributed by atoms with Gasteiger partial charge in [0.2, 0.25) is 0 Å². The Kier molecular flexibility index (Phi) is 15.0. The highest BCUT2D eigenvalue weighted by molar-refractivity contribution is 7.66. The third-order valence-electron chi connectivity index (χ3n) is 15.5.